The van der Waals surface area contributed by atoms with E-state index in [1.54, 1.807) is 0 Å². The van der Waals surface area contributed by atoms with Gasteiger partial charge in [-0.25, -0.2) is 0 Å². The van der Waals surface area contributed by atoms with Gasteiger partial charge in [-0.3, -0.25) is 19.3 Å². The van der Waals surface area contributed by atoms with Crippen molar-refractivity contribution in [3.05, 3.63) is 77.4 Å². The number of nitrogens with one attached hydrogen (secondary N) is 3. The van der Waals surface area contributed by atoms with Crippen LogP contribution in [0.15, 0.2) is 60.7 Å². The molecule has 3 N–H and O–H groups in total. The van der Waals surface area contributed by atoms with Crippen LogP contribution in [-0.2, 0) is 25.5 Å². The summed E-state index contributed by atoms with van der Waals surface area (Å²) in [6.45, 7) is 6.84. The van der Waals surface area contributed by atoms with Crippen molar-refractivity contribution >= 4 is 23.4 Å². The van der Waals surface area contributed by atoms with Crippen molar-refractivity contribution in [2.24, 2.45) is 11.3 Å². The van der Waals surface area contributed by atoms with Gasteiger partial charge in [0, 0.05) is 44.5 Å². The molecule has 8 nitrogen and oxygen atoms in total. The van der Waals surface area contributed by atoms with Crippen LogP contribution in [0.5, 0.6) is 0 Å². The van der Waals surface area contributed by atoms with Gasteiger partial charge < -0.3 is 20.7 Å². The molecular formula is C34H44N4O4. The molecule has 2 aromatic rings. The number of carbonyl (C=O) groups excluding carboxylic acids is 3. The van der Waals surface area contributed by atoms with Crippen molar-refractivity contribution in [1.82, 2.24) is 15.5 Å². The Morgan fingerprint density at radius 3 is 2.62 bits per heavy atom. The quantitative estimate of drug-likeness (QED) is 0.472. The Bertz CT molecular complexity index is 1290. The molecule has 0 radical (unpaired) electrons. The van der Waals surface area contributed by atoms with Crippen LogP contribution in [0.4, 0.5) is 5.69 Å². The van der Waals surface area contributed by atoms with Crippen LogP contribution in [0, 0.1) is 25.2 Å². The largest absolute Gasteiger partial charge is 0.381 e. The predicted molar refractivity (Wildman–Crippen MR) is 164 cm³/mol. The summed E-state index contributed by atoms with van der Waals surface area (Å²) in [5.74, 6) is -0.0732. The van der Waals surface area contributed by atoms with Crippen molar-refractivity contribution in [1.29, 1.82) is 0 Å². The fraction of sp³-hybridized carbons (Fsp3) is 0.500. The van der Waals surface area contributed by atoms with Gasteiger partial charge in [0.15, 0.2) is 0 Å². The van der Waals surface area contributed by atoms with E-state index >= 15 is 0 Å². The third-order valence-corrected chi connectivity index (χ3v) is 9.13. The van der Waals surface area contributed by atoms with Crippen molar-refractivity contribution in [2.75, 3.05) is 38.2 Å². The number of piperidine rings is 1. The first-order valence-electron chi connectivity index (χ1n) is 15.3. The molecule has 3 atom stereocenters. The first-order valence-corrected chi connectivity index (χ1v) is 15.3. The molecule has 0 saturated carbocycles. The summed E-state index contributed by atoms with van der Waals surface area (Å²) in [6.07, 6.45) is 8.16. The standard InChI is InChI=1S/C34H44N4O4/c1-24-11-12-25(2)29(20-24)35-31(39)23-38-17-13-28-27(22-38)10-6-7-14-34(15-18-42-19-16-34)33(41)37-30(32(40)36-28)21-26-8-4-3-5-9-26/h3-9,11-12,20,27-28,30H,10,13-19,21-23H2,1-2H3,(H,35,39)(H,36,40)(H,37,41)/t27-,28+,30-/m1/s1. The Balaban J connectivity index is 1.31. The first kappa shape index (κ1) is 30.0. The molecule has 0 bridgehead atoms. The van der Waals surface area contributed by atoms with Crippen LogP contribution in [0.1, 0.15) is 48.8 Å². The molecule has 42 heavy (non-hydrogen) atoms. The maximum absolute atomic E-state index is 13.8. The summed E-state index contributed by atoms with van der Waals surface area (Å²) >= 11 is 0. The molecule has 2 saturated heterocycles. The molecule has 0 aromatic heterocycles. The van der Waals surface area contributed by atoms with E-state index in [0.717, 1.165) is 35.2 Å². The number of benzene rings is 2. The van der Waals surface area contributed by atoms with Gasteiger partial charge in [0.1, 0.15) is 6.04 Å². The van der Waals surface area contributed by atoms with Crippen molar-refractivity contribution in [3.63, 3.8) is 0 Å². The molecule has 1 spiro atoms. The van der Waals surface area contributed by atoms with Gasteiger partial charge >= 0.3 is 0 Å². The second kappa shape index (κ2) is 13.7. The topological polar surface area (TPSA) is 99.8 Å². The van der Waals surface area contributed by atoms with Crippen LogP contribution in [0.25, 0.3) is 0 Å². The molecule has 0 unspecified atom stereocenters. The number of ether oxygens (including phenoxy) is 1. The number of nitrogens with zero attached hydrogens (tertiary/aromatic N) is 1. The Labute approximate surface area is 249 Å². The van der Waals surface area contributed by atoms with Gasteiger partial charge in [-0.05, 0) is 74.6 Å². The normalized spacial score (nSPS) is 25.0. The zero-order chi connectivity index (χ0) is 29.5. The smallest absolute Gasteiger partial charge is 0.243 e. The maximum Gasteiger partial charge on any atom is 0.243 e. The van der Waals surface area contributed by atoms with Crippen LogP contribution < -0.4 is 16.0 Å². The molecule has 224 valence electrons. The van der Waals surface area contributed by atoms with E-state index in [0.29, 0.717) is 58.5 Å². The summed E-state index contributed by atoms with van der Waals surface area (Å²) < 4.78 is 5.60. The van der Waals surface area contributed by atoms with E-state index in [2.05, 4.69) is 33.0 Å². The van der Waals surface area contributed by atoms with Crippen molar-refractivity contribution in [3.8, 4) is 0 Å². The highest BCUT2D eigenvalue weighted by molar-refractivity contribution is 5.93. The lowest BCUT2D eigenvalue weighted by molar-refractivity contribution is -0.140. The minimum absolute atomic E-state index is 0.0259. The third-order valence-electron chi connectivity index (χ3n) is 9.13. The Morgan fingerprint density at radius 1 is 1.05 bits per heavy atom. The minimum atomic E-state index is -0.662. The van der Waals surface area contributed by atoms with E-state index in [-0.39, 0.29) is 29.7 Å². The summed E-state index contributed by atoms with van der Waals surface area (Å²) in [6, 6.07) is 15.2. The summed E-state index contributed by atoms with van der Waals surface area (Å²) in [4.78, 5) is 42.7. The Kier molecular flexibility index (Phi) is 9.75. The van der Waals surface area contributed by atoms with Crippen LogP contribution in [-0.4, -0.2) is 67.6 Å². The van der Waals surface area contributed by atoms with Crippen LogP contribution in [0.3, 0.4) is 0 Å². The third kappa shape index (κ3) is 7.47. The molecule has 8 heteroatoms. The second-order valence-corrected chi connectivity index (χ2v) is 12.3. The number of amides is 3. The summed E-state index contributed by atoms with van der Waals surface area (Å²) in [5.41, 5.74) is 3.43. The molecule has 5 rings (SSSR count). The average Bonchev–Trinajstić information content (AvgIpc) is 2.98. The zero-order valence-electron chi connectivity index (χ0n) is 24.9. The fourth-order valence-electron chi connectivity index (χ4n) is 6.46. The van der Waals surface area contributed by atoms with Crippen molar-refractivity contribution in [2.45, 2.75) is 64.5 Å². The zero-order valence-corrected chi connectivity index (χ0v) is 24.9. The van der Waals surface area contributed by atoms with E-state index < -0.39 is 11.5 Å². The molecule has 3 aliphatic heterocycles. The fourth-order valence-corrected chi connectivity index (χ4v) is 6.46. The van der Waals surface area contributed by atoms with Crippen molar-refractivity contribution < 1.29 is 19.1 Å². The first-order chi connectivity index (χ1) is 20.3. The van der Waals surface area contributed by atoms with Crippen LogP contribution >= 0.6 is 0 Å². The molecule has 2 fully saturated rings. The molecule has 0 aliphatic carbocycles. The Morgan fingerprint density at radius 2 is 1.83 bits per heavy atom. The maximum atomic E-state index is 13.8. The van der Waals surface area contributed by atoms with E-state index in [9.17, 15) is 14.4 Å². The molecular weight excluding hydrogens is 528 g/mol. The lowest BCUT2D eigenvalue weighted by atomic mass is 9.75. The van der Waals surface area contributed by atoms with E-state index in [4.69, 9.17) is 4.74 Å². The number of allylic oxidation sites excluding steroid dienone is 2. The average molecular weight is 573 g/mol. The number of likely N-dealkylation sites (tertiary alicyclic amines) is 1. The SMILES string of the molecule is Cc1ccc(C)c(NC(=O)CN2CC[C@@H]3NC(=O)[C@@H](Cc4ccccc4)NC(=O)C4(CC=CC[C@@H]3C2)CCOCC4)c1. The highest BCUT2D eigenvalue weighted by Crippen LogP contribution is 2.36. The highest BCUT2D eigenvalue weighted by atomic mass is 16.5. The molecule has 3 heterocycles. The number of hydrogen-bond acceptors (Lipinski definition) is 5. The van der Waals surface area contributed by atoms with Gasteiger partial charge in [-0.1, -0.05) is 54.6 Å². The van der Waals surface area contributed by atoms with Gasteiger partial charge in [0.2, 0.25) is 17.7 Å². The van der Waals surface area contributed by atoms with Gasteiger partial charge in [0.25, 0.3) is 0 Å². The lowest BCUT2D eigenvalue weighted by Crippen LogP contribution is -2.58. The Hall–Kier alpha value is -3.49. The summed E-state index contributed by atoms with van der Waals surface area (Å²) in [5, 5.41) is 9.54. The highest BCUT2D eigenvalue weighted by Gasteiger charge is 2.41. The molecule has 3 aliphatic rings. The van der Waals surface area contributed by atoms with Crippen LogP contribution in [0.2, 0.25) is 0 Å². The van der Waals surface area contributed by atoms with Gasteiger partial charge in [-0.2, -0.15) is 0 Å². The predicted octanol–water partition coefficient (Wildman–Crippen LogP) is 3.92. The number of carbonyl (C=O) groups is 3. The van der Waals surface area contributed by atoms with Gasteiger partial charge in [0.05, 0.1) is 12.0 Å². The van der Waals surface area contributed by atoms with Gasteiger partial charge in [-0.15, -0.1) is 0 Å². The lowest BCUT2D eigenvalue weighted by Gasteiger charge is -2.40. The van der Waals surface area contributed by atoms with E-state index in [1.165, 1.54) is 0 Å². The molecule has 3 amide bonds. The number of anilines is 1. The number of fused-ring (bicyclic) bond motifs is 1. The number of hydrogen-bond donors (Lipinski definition) is 3. The second-order valence-electron chi connectivity index (χ2n) is 12.3. The molecule has 2 aromatic carbocycles. The monoisotopic (exact) mass is 572 g/mol. The van der Waals surface area contributed by atoms with E-state index in [1.807, 2.05) is 62.4 Å². The number of aryl methyl sites for hydroxylation is 2. The minimum Gasteiger partial charge on any atom is -0.381 e. The summed E-state index contributed by atoms with van der Waals surface area (Å²) in [7, 11) is 0. The number of rotatable bonds is 5.